The summed E-state index contributed by atoms with van der Waals surface area (Å²) in [6.45, 7) is 5.80. The summed E-state index contributed by atoms with van der Waals surface area (Å²) in [5.74, 6) is 0.0489. The monoisotopic (exact) mass is 312 g/mol. The van der Waals surface area contributed by atoms with Crippen LogP contribution in [0.15, 0.2) is 35.3 Å². The van der Waals surface area contributed by atoms with Gasteiger partial charge in [0, 0.05) is 22.3 Å². The highest BCUT2D eigenvalue weighted by Gasteiger charge is 2.00. The average molecular weight is 313 g/mol. The molecule has 90 valence electrons. The number of ketones is 1. The number of benzene rings is 1. The minimum absolute atomic E-state index is 0.0489. The van der Waals surface area contributed by atoms with Crippen molar-refractivity contribution in [1.29, 1.82) is 0 Å². The lowest BCUT2D eigenvalue weighted by Gasteiger charge is -2.10. The molecule has 1 aromatic rings. The van der Waals surface area contributed by atoms with Crippen LogP contribution in [0.1, 0.15) is 17.3 Å². The molecule has 5 heteroatoms. The van der Waals surface area contributed by atoms with E-state index in [9.17, 15) is 4.79 Å². The van der Waals surface area contributed by atoms with Crippen LogP contribution in [0.25, 0.3) is 0 Å². The smallest absolute Gasteiger partial charge is 0.171 e. The van der Waals surface area contributed by atoms with Crippen LogP contribution in [0, 0.1) is 0 Å². The van der Waals surface area contributed by atoms with Crippen LogP contribution in [-0.2, 0) is 0 Å². The maximum absolute atomic E-state index is 11.1. The number of halogens is 1. The van der Waals surface area contributed by atoms with Crippen molar-refractivity contribution in [2.24, 2.45) is 0 Å². The summed E-state index contributed by atoms with van der Waals surface area (Å²) in [6, 6.07) is 7.15. The number of anilines is 1. The van der Waals surface area contributed by atoms with E-state index in [4.69, 9.17) is 12.2 Å². The Balaban J connectivity index is 2.54. The Morgan fingerprint density at radius 1 is 1.41 bits per heavy atom. The molecule has 0 amide bonds. The fraction of sp³-hybridized carbons (Fsp3) is 0.167. The summed E-state index contributed by atoms with van der Waals surface area (Å²) >= 11 is 8.32. The van der Waals surface area contributed by atoms with E-state index in [1.165, 1.54) is 6.92 Å². The number of Topliss-reactive ketones (excluding diaryl/α,β-unsaturated/α-hetero) is 1. The third-order valence-corrected chi connectivity index (χ3v) is 2.52. The summed E-state index contributed by atoms with van der Waals surface area (Å²) in [7, 11) is 0. The van der Waals surface area contributed by atoms with E-state index in [1.54, 1.807) is 12.1 Å². The van der Waals surface area contributed by atoms with Crippen molar-refractivity contribution in [1.82, 2.24) is 5.32 Å². The van der Waals surface area contributed by atoms with Crippen LogP contribution >= 0.6 is 28.1 Å². The van der Waals surface area contributed by atoms with E-state index < -0.39 is 0 Å². The van der Waals surface area contributed by atoms with E-state index in [-0.39, 0.29) is 5.78 Å². The van der Waals surface area contributed by atoms with Gasteiger partial charge in [0.15, 0.2) is 10.9 Å². The molecule has 0 aromatic heterocycles. The van der Waals surface area contributed by atoms with Crippen LogP contribution < -0.4 is 10.6 Å². The summed E-state index contributed by atoms with van der Waals surface area (Å²) < 4.78 is 0.827. The first kappa shape index (κ1) is 13.9. The first-order valence-electron chi connectivity index (χ1n) is 4.98. The Hall–Kier alpha value is -1.20. The molecule has 0 atom stereocenters. The third kappa shape index (κ3) is 5.10. The van der Waals surface area contributed by atoms with Crippen LogP contribution in [0.5, 0.6) is 0 Å². The molecule has 0 aliphatic carbocycles. The molecular weight excluding hydrogens is 300 g/mol. The van der Waals surface area contributed by atoms with Gasteiger partial charge in [0.25, 0.3) is 0 Å². The zero-order valence-corrected chi connectivity index (χ0v) is 11.8. The van der Waals surface area contributed by atoms with Gasteiger partial charge in [-0.1, -0.05) is 22.5 Å². The number of hydrogen-bond donors (Lipinski definition) is 2. The summed E-state index contributed by atoms with van der Waals surface area (Å²) in [5, 5.41) is 6.50. The van der Waals surface area contributed by atoms with Crippen molar-refractivity contribution in [2.75, 3.05) is 11.9 Å². The van der Waals surface area contributed by atoms with Gasteiger partial charge in [0.05, 0.1) is 0 Å². The van der Waals surface area contributed by atoms with E-state index in [0.717, 1.165) is 10.2 Å². The largest absolute Gasteiger partial charge is 0.358 e. The zero-order chi connectivity index (χ0) is 12.8. The van der Waals surface area contributed by atoms with Crippen molar-refractivity contribution in [3.05, 3.63) is 40.9 Å². The molecule has 1 aromatic carbocycles. The predicted molar refractivity (Wildman–Crippen MR) is 78.7 cm³/mol. The standard InChI is InChI=1S/C12H13BrN2OS/c1-8(13)7-14-12(17)15-11-5-3-10(4-6-11)9(2)16/h3-6H,1,7H2,2H3,(H2,14,15,17). The van der Waals surface area contributed by atoms with Crippen LogP contribution in [0.3, 0.4) is 0 Å². The number of nitrogens with one attached hydrogen (secondary N) is 2. The molecule has 3 nitrogen and oxygen atoms in total. The van der Waals surface area contributed by atoms with E-state index in [0.29, 0.717) is 17.2 Å². The lowest BCUT2D eigenvalue weighted by molar-refractivity contribution is 0.101. The topological polar surface area (TPSA) is 41.1 Å². The van der Waals surface area contributed by atoms with Crippen molar-refractivity contribution < 1.29 is 4.79 Å². The van der Waals surface area contributed by atoms with Gasteiger partial charge in [-0.05, 0) is 43.4 Å². The number of carbonyl (C=O) groups is 1. The molecule has 0 heterocycles. The number of carbonyl (C=O) groups excluding carboxylic acids is 1. The van der Waals surface area contributed by atoms with Crippen molar-refractivity contribution in [3.63, 3.8) is 0 Å². The van der Waals surface area contributed by atoms with Gasteiger partial charge in [0.2, 0.25) is 0 Å². The van der Waals surface area contributed by atoms with E-state index >= 15 is 0 Å². The van der Waals surface area contributed by atoms with Gasteiger partial charge in [-0.25, -0.2) is 0 Å². The summed E-state index contributed by atoms with van der Waals surface area (Å²) in [5.41, 5.74) is 1.52. The lowest BCUT2D eigenvalue weighted by Crippen LogP contribution is -2.29. The Labute approximate surface area is 114 Å². The highest BCUT2D eigenvalue weighted by atomic mass is 79.9. The molecule has 2 N–H and O–H groups in total. The highest BCUT2D eigenvalue weighted by molar-refractivity contribution is 9.11. The Morgan fingerprint density at radius 2 is 2.00 bits per heavy atom. The average Bonchev–Trinajstić information content (AvgIpc) is 2.27. The first-order chi connectivity index (χ1) is 7.99. The quantitative estimate of drug-likeness (QED) is 0.662. The van der Waals surface area contributed by atoms with Gasteiger partial charge >= 0.3 is 0 Å². The van der Waals surface area contributed by atoms with E-state index in [2.05, 4.69) is 33.1 Å². The molecule has 0 fully saturated rings. The molecule has 0 aliphatic rings. The molecule has 0 spiro atoms. The van der Waals surface area contributed by atoms with Gasteiger partial charge in [-0.15, -0.1) is 0 Å². The molecule has 17 heavy (non-hydrogen) atoms. The Bertz CT molecular complexity index is 442. The maximum atomic E-state index is 11.1. The Kier molecular flexibility index (Phi) is 5.31. The second kappa shape index (κ2) is 6.51. The fourth-order valence-electron chi connectivity index (χ4n) is 1.14. The molecule has 0 saturated carbocycles. The van der Waals surface area contributed by atoms with Crippen LogP contribution in [0.2, 0.25) is 0 Å². The molecule has 0 unspecified atom stereocenters. The SMILES string of the molecule is C=C(Br)CNC(=S)Nc1ccc(C(C)=O)cc1. The number of rotatable bonds is 4. The Morgan fingerprint density at radius 3 is 2.47 bits per heavy atom. The van der Waals surface area contributed by atoms with Gasteiger partial charge in [0.1, 0.15) is 0 Å². The second-order valence-corrected chi connectivity index (χ2v) is 4.99. The molecule has 0 aliphatic heterocycles. The normalized spacial score (nSPS) is 9.53. The van der Waals surface area contributed by atoms with Gasteiger partial charge in [-0.3, -0.25) is 4.79 Å². The summed E-state index contributed by atoms with van der Waals surface area (Å²) in [4.78, 5) is 11.1. The molecule has 0 saturated heterocycles. The van der Waals surface area contributed by atoms with Crippen molar-refractivity contribution in [2.45, 2.75) is 6.92 Å². The molecule has 1 rings (SSSR count). The van der Waals surface area contributed by atoms with Crippen LogP contribution in [0.4, 0.5) is 5.69 Å². The first-order valence-corrected chi connectivity index (χ1v) is 6.18. The highest BCUT2D eigenvalue weighted by Crippen LogP contribution is 2.10. The maximum Gasteiger partial charge on any atom is 0.171 e. The van der Waals surface area contributed by atoms with Crippen LogP contribution in [-0.4, -0.2) is 17.4 Å². The zero-order valence-electron chi connectivity index (χ0n) is 9.42. The number of thiocarbonyl (C=S) groups is 1. The second-order valence-electron chi connectivity index (χ2n) is 3.46. The fourth-order valence-corrected chi connectivity index (χ4v) is 1.47. The minimum Gasteiger partial charge on any atom is -0.358 e. The molecule has 0 radical (unpaired) electrons. The minimum atomic E-state index is 0.0489. The predicted octanol–water partition coefficient (Wildman–Crippen LogP) is 3.08. The summed E-state index contributed by atoms with van der Waals surface area (Å²) in [6.07, 6.45) is 0. The van der Waals surface area contributed by atoms with Gasteiger partial charge in [-0.2, -0.15) is 0 Å². The van der Waals surface area contributed by atoms with Crippen molar-refractivity contribution in [3.8, 4) is 0 Å². The number of hydrogen-bond acceptors (Lipinski definition) is 2. The van der Waals surface area contributed by atoms with Crippen molar-refractivity contribution >= 4 is 44.7 Å². The molecular formula is C12H13BrN2OS. The van der Waals surface area contributed by atoms with E-state index in [1.807, 2.05) is 12.1 Å². The lowest BCUT2D eigenvalue weighted by atomic mass is 10.1. The molecule has 0 bridgehead atoms. The van der Waals surface area contributed by atoms with Gasteiger partial charge < -0.3 is 10.6 Å². The third-order valence-electron chi connectivity index (χ3n) is 1.99.